The Balaban J connectivity index is 2.97. The number of hydrogen-bond acceptors (Lipinski definition) is 2. The maximum Gasteiger partial charge on any atom is 0.241 e. The van der Waals surface area contributed by atoms with Crippen molar-refractivity contribution in [1.29, 1.82) is 0 Å². The highest BCUT2D eigenvalue weighted by atomic mass is 79.9. The molecular formula is C12H17Br2NO2S. The summed E-state index contributed by atoms with van der Waals surface area (Å²) in [5, 5.41) is 0.772. The van der Waals surface area contributed by atoms with Crippen LogP contribution in [0, 0.1) is 5.92 Å². The molecule has 1 unspecified atom stereocenters. The molecule has 0 aliphatic rings. The topological polar surface area (TPSA) is 46.2 Å². The number of hydrogen-bond donors (Lipinski definition) is 1. The van der Waals surface area contributed by atoms with Gasteiger partial charge in [0.1, 0.15) is 0 Å². The molecule has 6 heteroatoms. The zero-order valence-corrected chi connectivity index (χ0v) is 14.3. The first-order chi connectivity index (χ1) is 8.38. The third-order valence-electron chi connectivity index (χ3n) is 2.66. The van der Waals surface area contributed by atoms with Gasteiger partial charge in [0, 0.05) is 15.8 Å². The minimum absolute atomic E-state index is 0.0681. The normalized spacial score (nSPS) is 13.8. The van der Waals surface area contributed by atoms with Crippen LogP contribution in [0.25, 0.3) is 0 Å². The number of nitrogens with one attached hydrogen (secondary N) is 1. The third-order valence-corrected chi connectivity index (χ3v) is 5.62. The summed E-state index contributed by atoms with van der Waals surface area (Å²) in [4.78, 5) is 0.283. The van der Waals surface area contributed by atoms with Gasteiger partial charge < -0.3 is 0 Å². The van der Waals surface area contributed by atoms with Crippen molar-refractivity contribution in [2.75, 3.05) is 5.33 Å². The van der Waals surface area contributed by atoms with Crippen molar-refractivity contribution in [3.63, 3.8) is 0 Å². The molecule has 1 atom stereocenters. The minimum Gasteiger partial charge on any atom is -0.208 e. The van der Waals surface area contributed by atoms with Gasteiger partial charge in [-0.3, -0.25) is 0 Å². The summed E-state index contributed by atoms with van der Waals surface area (Å²) in [5.41, 5.74) is 0. The first-order valence-corrected chi connectivity index (χ1v) is 9.11. The van der Waals surface area contributed by atoms with Crippen LogP contribution in [0.15, 0.2) is 33.6 Å². The predicted octanol–water partition coefficient (Wildman–Crippen LogP) is 3.54. The molecule has 0 aliphatic heterocycles. The molecule has 0 aromatic heterocycles. The van der Waals surface area contributed by atoms with Gasteiger partial charge in [0.2, 0.25) is 10.0 Å². The number of alkyl halides is 1. The van der Waals surface area contributed by atoms with Crippen molar-refractivity contribution in [1.82, 2.24) is 4.72 Å². The van der Waals surface area contributed by atoms with Crippen LogP contribution in [0.3, 0.4) is 0 Å². The van der Waals surface area contributed by atoms with E-state index in [1.165, 1.54) is 0 Å². The molecule has 1 aromatic carbocycles. The lowest BCUT2D eigenvalue weighted by atomic mass is 10.0. The molecule has 0 amide bonds. The Morgan fingerprint density at radius 1 is 1.28 bits per heavy atom. The van der Waals surface area contributed by atoms with Gasteiger partial charge in [-0.2, -0.15) is 0 Å². The van der Waals surface area contributed by atoms with E-state index >= 15 is 0 Å². The van der Waals surface area contributed by atoms with Crippen LogP contribution in [-0.2, 0) is 10.0 Å². The van der Waals surface area contributed by atoms with Crippen LogP contribution in [-0.4, -0.2) is 19.8 Å². The van der Waals surface area contributed by atoms with Crippen molar-refractivity contribution in [2.24, 2.45) is 5.92 Å². The second kappa shape index (κ2) is 7.03. The monoisotopic (exact) mass is 397 g/mol. The molecule has 1 rings (SSSR count). The average molecular weight is 399 g/mol. The van der Waals surface area contributed by atoms with Crippen molar-refractivity contribution in [3.05, 3.63) is 28.7 Å². The number of rotatable bonds is 6. The highest BCUT2D eigenvalue weighted by Crippen LogP contribution is 2.22. The quantitative estimate of drug-likeness (QED) is 0.745. The lowest BCUT2D eigenvalue weighted by molar-refractivity contribution is 0.440. The summed E-state index contributed by atoms with van der Waals surface area (Å²) < 4.78 is 27.9. The van der Waals surface area contributed by atoms with E-state index in [2.05, 4.69) is 36.6 Å². The lowest BCUT2D eigenvalue weighted by Gasteiger charge is -2.21. The third kappa shape index (κ3) is 4.33. The largest absolute Gasteiger partial charge is 0.241 e. The van der Waals surface area contributed by atoms with Crippen LogP contribution in [0.1, 0.15) is 20.3 Å². The predicted molar refractivity (Wildman–Crippen MR) is 81.5 cm³/mol. The first kappa shape index (κ1) is 16.1. The Hall–Kier alpha value is 0.0900. The van der Waals surface area contributed by atoms with Gasteiger partial charge in [0.05, 0.1) is 4.90 Å². The molecule has 0 radical (unpaired) electrons. The fourth-order valence-corrected chi connectivity index (χ4v) is 4.49. The summed E-state index contributed by atoms with van der Waals surface area (Å²) >= 11 is 6.62. The van der Waals surface area contributed by atoms with E-state index in [1.54, 1.807) is 24.3 Å². The molecule has 1 N–H and O–H groups in total. The van der Waals surface area contributed by atoms with E-state index in [0.29, 0.717) is 4.47 Å². The van der Waals surface area contributed by atoms with E-state index < -0.39 is 10.0 Å². The molecular weight excluding hydrogens is 382 g/mol. The SMILES string of the molecule is CC(C)C(CCBr)NS(=O)(=O)c1ccccc1Br. The molecule has 0 aliphatic carbocycles. The van der Waals surface area contributed by atoms with Crippen molar-refractivity contribution < 1.29 is 8.42 Å². The van der Waals surface area contributed by atoms with E-state index in [0.717, 1.165) is 11.8 Å². The van der Waals surface area contributed by atoms with E-state index in [9.17, 15) is 8.42 Å². The van der Waals surface area contributed by atoms with Crippen molar-refractivity contribution >= 4 is 41.9 Å². The van der Waals surface area contributed by atoms with Gasteiger partial charge in [-0.25, -0.2) is 13.1 Å². The molecule has 3 nitrogen and oxygen atoms in total. The van der Waals surface area contributed by atoms with E-state index in [-0.39, 0.29) is 16.9 Å². The molecule has 0 saturated carbocycles. The Bertz CT molecular complexity index is 489. The van der Waals surface area contributed by atoms with Crippen LogP contribution >= 0.6 is 31.9 Å². The Labute approximate surface area is 126 Å². The maximum atomic E-state index is 12.3. The Morgan fingerprint density at radius 3 is 2.39 bits per heavy atom. The summed E-state index contributed by atoms with van der Waals surface area (Å²) in [5.74, 6) is 0.250. The molecule has 0 spiro atoms. The minimum atomic E-state index is -3.48. The summed E-state index contributed by atoms with van der Waals surface area (Å²) in [7, 11) is -3.48. The summed E-state index contributed by atoms with van der Waals surface area (Å²) in [6.07, 6.45) is 0.765. The highest BCUT2D eigenvalue weighted by molar-refractivity contribution is 9.10. The van der Waals surface area contributed by atoms with E-state index in [1.807, 2.05) is 13.8 Å². The second-order valence-corrected chi connectivity index (χ2v) is 7.71. The molecule has 18 heavy (non-hydrogen) atoms. The van der Waals surface area contributed by atoms with Crippen molar-refractivity contribution in [3.8, 4) is 0 Å². The fraction of sp³-hybridized carbons (Fsp3) is 0.500. The highest BCUT2D eigenvalue weighted by Gasteiger charge is 2.23. The van der Waals surface area contributed by atoms with Crippen molar-refractivity contribution in [2.45, 2.75) is 31.2 Å². The van der Waals surface area contributed by atoms with Crippen LogP contribution in [0.2, 0.25) is 0 Å². The first-order valence-electron chi connectivity index (χ1n) is 5.71. The standard InChI is InChI=1S/C12H17Br2NO2S/c1-9(2)11(7-8-13)15-18(16,17)12-6-4-3-5-10(12)14/h3-6,9,11,15H,7-8H2,1-2H3. The van der Waals surface area contributed by atoms with Crippen LogP contribution in [0.4, 0.5) is 0 Å². The fourth-order valence-electron chi connectivity index (χ4n) is 1.57. The zero-order valence-electron chi connectivity index (χ0n) is 10.4. The van der Waals surface area contributed by atoms with Gasteiger partial charge in [-0.05, 0) is 40.4 Å². The van der Waals surface area contributed by atoms with E-state index in [4.69, 9.17) is 0 Å². The zero-order chi connectivity index (χ0) is 13.8. The lowest BCUT2D eigenvalue weighted by Crippen LogP contribution is -2.38. The molecule has 0 bridgehead atoms. The van der Waals surface area contributed by atoms with Crippen LogP contribution in [0.5, 0.6) is 0 Å². The molecule has 102 valence electrons. The summed E-state index contributed by atoms with van der Waals surface area (Å²) in [6.45, 7) is 4.02. The molecule has 1 aromatic rings. The number of benzene rings is 1. The van der Waals surface area contributed by atoms with Gasteiger partial charge in [-0.1, -0.05) is 41.9 Å². The second-order valence-electron chi connectivity index (χ2n) is 4.38. The molecule has 0 heterocycles. The Kier molecular flexibility index (Phi) is 6.30. The van der Waals surface area contributed by atoms with Gasteiger partial charge in [-0.15, -0.1) is 0 Å². The summed E-state index contributed by atoms with van der Waals surface area (Å²) in [6, 6.07) is 6.76. The Morgan fingerprint density at radius 2 is 1.89 bits per heavy atom. The van der Waals surface area contributed by atoms with Gasteiger partial charge >= 0.3 is 0 Å². The average Bonchev–Trinajstić information content (AvgIpc) is 2.28. The smallest absolute Gasteiger partial charge is 0.208 e. The van der Waals surface area contributed by atoms with Gasteiger partial charge in [0.15, 0.2) is 0 Å². The number of halogens is 2. The van der Waals surface area contributed by atoms with Crippen LogP contribution < -0.4 is 4.72 Å². The molecule has 0 saturated heterocycles. The number of sulfonamides is 1. The van der Waals surface area contributed by atoms with Gasteiger partial charge in [0.25, 0.3) is 0 Å². The molecule has 0 fully saturated rings. The maximum absolute atomic E-state index is 12.3.